The van der Waals surface area contributed by atoms with E-state index in [1.165, 1.54) is 22.4 Å². The Kier molecular flexibility index (Phi) is 3.30. The van der Waals surface area contributed by atoms with E-state index >= 15 is 0 Å². The van der Waals surface area contributed by atoms with Crippen LogP contribution >= 0.6 is 0 Å². The SMILES string of the molecule is CCc1c(-c2ccc(C3CNC(=O)C3)cc2)cnn1C. The van der Waals surface area contributed by atoms with Crippen LogP contribution in [0.1, 0.15) is 30.5 Å². The highest BCUT2D eigenvalue weighted by Gasteiger charge is 2.22. The number of amides is 1. The highest BCUT2D eigenvalue weighted by atomic mass is 16.1. The Morgan fingerprint density at radius 1 is 1.35 bits per heavy atom. The highest BCUT2D eigenvalue weighted by Crippen LogP contribution is 2.28. The fourth-order valence-electron chi connectivity index (χ4n) is 2.90. The van der Waals surface area contributed by atoms with Crippen molar-refractivity contribution < 1.29 is 4.79 Å². The summed E-state index contributed by atoms with van der Waals surface area (Å²) in [4.78, 5) is 11.3. The van der Waals surface area contributed by atoms with Gasteiger partial charge in [-0.15, -0.1) is 0 Å². The van der Waals surface area contributed by atoms with Gasteiger partial charge in [0.15, 0.2) is 0 Å². The van der Waals surface area contributed by atoms with Gasteiger partial charge >= 0.3 is 0 Å². The van der Waals surface area contributed by atoms with Crippen molar-refractivity contribution in [1.29, 1.82) is 0 Å². The monoisotopic (exact) mass is 269 g/mol. The van der Waals surface area contributed by atoms with E-state index < -0.39 is 0 Å². The van der Waals surface area contributed by atoms with Gasteiger partial charge in [0, 0.05) is 37.2 Å². The molecule has 1 aromatic heterocycles. The highest BCUT2D eigenvalue weighted by molar-refractivity contribution is 5.79. The molecule has 1 unspecified atom stereocenters. The van der Waals surface area contributed by atoms with Crippen molar-refractivity contribution in [2.75, 3.05) is 6.54 Å². The fraction of sp³-hybridized carbons (Fsp3) is 0.375. The molecule has 0 saturated carbocycles. The lowest BCUT2D eigenvalue weighted by molar-refractivity contribution is -0.119. The maximum atomic E-state index is 11.3. The number of hydrogen-bond donors (Lipinski definition) is 1. The molecule has 4 nitrogen and oxygen atoms in total. The summed E-state index contributed by atoms with van der Waals surface area (Å²) in [7, 11) is 1.98. The lowest BCUT2D eigenvalue weighted by atomic mass is 9.95. The summed E-state index contributed by atoms with van der Waals surface area (Å²) in [5.74, 6) is 0.468. The molecule has 0 bridgehead atoms. The lowest BCUT2D eigenvalue weighted by Gasteiger charge is -2.09. The number of rotatable bonds is 3. The summed E-state index contributed by atoms with van der Waals surface area (Å²) in [5.41, 5.74) is 4.86. The van der Waals surface area contributed by atoms with Crippen LogP contribution in [-0.4, -0.2) is 22.2 Å². The van der Waals surface area contributed by atoms with Crippen molar-refractivity contribution in [1.82, 2.24) is 15.1 Å². The fourth-order valence-corrected chi connectivity index (χ4v) is 2.90. The van der Waals surface area contributed by atoms with Crippen LogP contribution in [0, 0.1) is 0 Å². The van der Waals surface area contributed by atoms with Crippen LogP contribution in [0.3, 0.4) is 0 Å². The Labute approximate surface area is 118 Å². The second-order valence-electron chi connectivity index (χ2n) is 5.31. The van der Waals surface area contributed by atoms with Gasteiger partial charge in [-0.25, -0.2) is 0 Å². The number of nitrogens with zero attached hydrogens (tertiary/aromatic N) is 2. The summed E-state index contributed by atoms with van der Waals surface area (Å²) < 4.78 is 1.93. The predicted molar refractivity (Wildman–Crippen MR) is 78.4 cm³/mol. The first-order valence-corrected chi connectivity index (χ1v) is 7.07. The van der Waals surface area contributed by atoms with Crippen molar-refractivity contribution in [3.63, 3.8) is 0 Å². The second-order valence-corrected chi connectivity index (χ2v) is 5.31. The third-order valence-electron chi connectivity index (χ3n) is 4.07. The van der Waals surface area contributed by atoms with Crippen molar-refractivity contribution in [2.24, 2.45) is 7.05 Å². The zero-order valence-electron chi connectivity index (χ0n) is 11.9. The van der Waals surface area contributed by atoms with Gasteiger partial charge < -0.3 is 5.32 Å². The molecule has 1 aliphatic rings. The molecule has 1 saturated heterocycles. The van der Waals surface area contributed by atoms with Gasteiger partial charge in [0.2, 0.25) is 5.91 Å². The van der Waals surface area contributed by atoms with E-state index in [0.717, 1.165) is 13.0 Å². The number of nitrogens with one attached hydrogen (secondary N) is 1. The molecule has 4 heteroatoms. The molecule has 0 radical (unpaired) electrons. The number of carbonyl (C=O) groups is 1. The van der Waals surface area contributed by atoms with Gasteiger partial charge in [0.25, 0.3) is 0 Å². The van der Waals surface area contributed by atoms with Crippen LogP contribution in [0.5, 0.6) is 0 Å². The first kappa shape index (κ1) is 12.9. The average Bonchev–Trinajstić information content (AvgIpc) is 3.05. The minimum absolute atomic E-state index is 0.152. The molecule has 1 aliphatic heterocycles. The molecule has 2 heterocycles. The van der Waals surface area contributed by atoms with Crippen LogP contribution in [0.2, 0.25) is 0 Å². The Hall–Kier alpha value is -2.10. The quantitative estimate of drug-likeness (QED) is 0.929. The zero-order chi connectivity index (χ0) is 14.1. The normalized spacial score (nSPS) is 18.3. The predicted octanol–water partition coefficient (Wildman–Crippen LogP) is 2.25. The molecule has 0 aliphatic carbocycles. The third-order valence-corrected chi connectivity index (χ3v) is 4.07. The molecule has 3 rings (SSSR count). The van der Waals surface area contributed by atoms with Gasteiger partial charge in [-0.3, -0.25) is 9.48 Å². The maximum Gasteiger partial charge on any atom is 0.220 e. The Morgan fingerprint density at radius 2 is 2.10 bits per heavy atom. The van der Waals surface area contributed by atoms with Crippen molar-refractivity contribution in [3.8, 4) is 11.1 Å². The number of aromatic nitrogens is 2. The standard InChI is InChI=1S/C16H19N3O/c1-3-15-14(10-18-19(15)2)12-6-4-11(5-7-12)13-8-16(20)17-9-13/h4-7,10,13H,3,8-9H2,1-2H3,(H,17,20). The van der Waals surface area contributed by atoms with Crippen LogP contribution in [-0.2, 0) is 18.3 Å². The van der Waals surface area contributed by atoms with Crippen LogP contribution in [0.25, 0.3) is 11.1 Å². The van der Waals surface area contributed by atoms with Crippen LogP contribution in [0.15, 0.2) is 30.5 Å². The molecule has 0 spiro atoms. The van der Waals surface area contributed by atoms with Crippen molar-refractivity contribution in [3.05, 3.63) is 41.7 Å². The number of carbonyl (C=O) groups excluding carboxylic acids is 1. The van der Waals surface area contributed by atoms with Crippen LogP contribution in [0.4, 0.5) is 0 Å². The second kappa shape index (κ2) is 5.12. The van der Waals surface area contributed by atoms with E-state index in [-0.39, 0.29) is 5.91 Å². The molecule has 1 fully saturated rings. The molecule has 20 heavy (non-hydrogen) atoms. The summed E-state index contributed by atoms with van der Waals surface area (Å²) in [6, 6.07) is 8.53. The Morgan fingerprint density at radius 3 is 2.70 bits per heavy atom. The summed E-state index contributed by atoms with van der Waals surface area (Å²) in [6.45, 7) is 2.90. The zero-order valence-corrected chi connectivity index (χ0v) is 11.9. The van der Waals surface area contributed by atoms with Gasteiger partial charge in [-0.05, 0) is 17.5 Å². The molecule has 1 atom stereocenters. The molecular weight excluding hydrogens is 250 g/mol. The van der Waals surface area contributed by atoms with Gasteiger partial charge in [-0.1, -0.05) is 31.2 Å². The largest absolute Gasteiger partial charge is 0.355 e. The molecule has 1 amide bonds. The third kappa shape index (κ3) is 2.22. The summed E-state index contributed by atoms with van der Waals surface area (Å²) in [6.07, 6.45) is 3.50. The topological polar surface area (TPSA) is 46.9 Å². The minimum Gasteiger partial charge on any atom is -0.355 e. The summed E-state index contributed by atoms with van der Waals surface area (Å²) in [5, 5.41) is 7.22. The van der Waals surface area contributed by atoms with E-state index in [4.69, 9.17) is 0 Å². The molecule has 1 N–H and O–H groups in total. The summed E-state index contributed by atoms with van der Waals surface area (Å²) >= 11 is 0. The number of benzene rings is 1. The van der Waals surface area contributed by atoms with E-state index in [2.05, 4.69) is 41.6 Å². The van der Waals surface area contributed by atoms with Crippen molar-refractivity contribution in [2.45, 2.75) is 25.7 Å². The molecule has 104 valence electrons. The van der Waals surface area contributed by atoms with Crippen molar-refractivity contribution >= 4 is 5.91 Å². The number of aryl methyl sites for hydroxylation is 1. The van der Waals surface area contributed by atoms with Gasteiger partial charge in [0.05, 0.1) is 6.20 Å². The maximum absolute atomic E-state index is 11.3. The minimum atomic E-state index is 0.152. The van der Waals surface area contributed by atoms with E-state index in [0.29, 0.717) is 12.3 Å². The average molecular weight is 269 g/mol. The van der Waals surface area contributed by atoms with E-state index in [9.17, 15) is 4.79 Å². The molecular formula is C16H19N3O. The smallest absolute Gasteiger partial charge is 0.220 e. The molecule has 1 aromatic carbocycles. The first-order valence-electron chi connectivity index (χ1n) is 7.07. The Balaban J connectivity index is 1.87. The number of hydrogen-bond acceptors (Lipinski definition) is 2. The van der Waals surface area contributed by atoms with Gasteiger partial charge in [0.1, 0.15) is 0 Å². The molecule has 2 aromatic rings. The lowest BCUT2D eigenvalue weighted by Crippen LogP contribution is -2.13. The first-order chi connectivity index (χ1) is 9.69. The van der Waals surface area contributed by atoms with Crippen LogP contribution < -0.4 is 5.32 Å². The van der Waals surface area contributed by atoms with Gasteiger partial charge in [-0.2, -0.15) is 5.10 Å². The Bertz CT molecular complexity index is 628. The van der Waals surface area contributed by atoms with E-state index in [1.807, 2.05) is 17.9 Å². The van der Waals surface area contributed by atoms with E-state index in [1.54, 1.807) is 0 Å².